The topological polar surface area (TPSA) is 62.9 Å². The molecule has 0 radical (unpaired) electrons. The monoisotopic (exact) mass is 482 g/mol. The van der Waals surface area contributed by atoms with Crippen molar-refractivity contribution < 1.29 is 4.74 Å². The largest absolute Gasteiger partial charge is 0.383 e. The fourth-order valence-corrected chi connectivity index (χ4v) is 3.37. The summed E-state index contributed by atoms with van der Waals surface area (Å²) in [6, 6.07) is 0.165. The third-order valence-electron chi connectivity index (χ3n) is 5.45. The van der Waals surface area contributed by atoms with Crippen LogP contribution in [0.3, 0.4) is 0 Å². The number of nitrogens with zero attached hydrogens (tertiary/aromatic N) is 2. The first-order valence-corrected chi connectivity index (χ1v) is 12.6. The zero-order valence-corrected chi connectivity index (χ0v) is 23.6. The quantitative estimate of drug-likeness (QED) is 0.151. The van der Waals surface area contributed by atoms with Gasteiger partial charge >= 0.3 is 0 Å². The Morgan fingerprint density at radius 1 is 1.14 bits per heavy atom. The molecule has 0 aromatic heterocycles. The van der Waals surface area contributed by atoms with E-state index in [2.05, 4.69) is 82.3 Å². The van der Waals surface area contributed by atoms with Crippen LogP contribution in [0.1, 0.15) is 61.3 Å². The number of allylic oxidation sites excluding steroid dienone is 8. The molecule has 0 saturated carbocycles. The van der Waals surface area contributed by atoms with Crippen LogP contribution in [0.15, 0.2) is 88.3 Å². The first-order valence-electron chi connectivity index (χ1n) is 12.6. The lowest BCUT2D eigenvalue weighted by atomic mass is 10.0. The van der Waals surface area contributed by atoms with E-state index >= 15 is 0 Å². The van der Waals surface area contributed by atoms with Gasteiger partial charge in [-0.05, 0) is 60.0 Å². The van der Waals surface area contributed by atoms with Crippen molar-refractivity contribution in [2.24, 2.45) is 10.7 Å². The average Bonchev–Trinajstić information content (AvgIpc) is 2.82. The minimum absolute atomic E-state index is 0.165. The summed E-state index contributed by atoms with van der Waals surface area (Å²) >= 11 is 0. The van der Waals surface area contributed by atoms with Gasteiger partial charge in [-0.25, -0.2) is 4.99 Å². The Balaban J connectivity index is 6.02. The van der Waals surface area contributed by atoms with Crippen LogP contribution in [-0.4, -0.2) is 50.1 Å². The number of hydrogen-bond donors (Lipinski definition) is 2. The number of rotatable bonds is 16. The highest BCUT2D eigenvalue weighted by molar-refractivity contribution is 6.02. The lowest BCUT2D eigenvalue weighted by molar-refractivity contribution is 0.138. The number of nitrogens with two attached hydrogens (primary N) is 1. The molecule has 0 bridgehead atoms. The molecule has 0 unspecified atom stereocenters. The molecule has 0 heterocycles. The van der Waals surface area contributed by atoms with Gasteiger partial charge in [0, 0.05) is 32.3 Å². The summed E-state index contributed by atoms with van der Waals surface area (Å²) < 4.78 is 5.45. The summed E-state index contributed by atoms with van der Waals surface area (Å²) in [4.78, 5) is 7.20. The Labute approximate surface area is 215 Å². The standard InChI is InChI=1S/C30H50N4O/c1-11-19-32-27(9)33-30(34(13-3)26(8)22-35-10)29(23(4)5)18-17-24(6)20-28(12-2)16-14-15-25(7)21-31/h12,14-18,26,32H,6,9,11,13,19-22,31H2,1-5,7-8,10H3/b16-14-,18-17-,25-15+,28-12+,33-30+/t26-/m0/s1. The fraction of sp³-hybridized carbons (Fsp3) is 0.500. The van der Waals surface area contributed by atoms with Crippen LogP contribution >= 0.6 is 0 Å². The SMILES string of the molecule is C=C(/C=C\C(=C(C)C)/C(=N\C(=C)NCCC)N(CC)[C@@H](C)COC)CC(/C=C\C=C(/C)CN)=C/C. The Morgan fingerprint density at radius 3 is 2.34 bits per heavy atom. The molecule has 5 nitrogen and oxygen atoms in total. The van der Waals surface area contributed by atoms with E-state index in [0.29, 0.717) is 19.0 Å². The predicted molar refractivity (Wildman–Crippen MR) is 156 cm³/mol. The van der Waals surface area contributed by atoms with Gasteiger partial charge in [-0.15, -0.1) is 0 Å². The molecule has 0 amide bonds. The highest BCUT2D eigenvalue weighted by atomic mass is 16.5. The molecule has 0 aliphatic heterocycles. The number of aliphatic imine (C=N–C) groups is 1. The Hall–Kier alpha value is -2.63. The molecule has 0 aliphatic rings. The second-order valence-electron chi connectivity index (χ2n) is 8.92. The van der Waals surface area contributed by atoms with Crippen molar-refractivity contribution in [3.8, 4) is 0 Å². The third kappa shape index (κ3) is 13.1. The van der Waals surface area contributed by atoms with Crippen LogP contribution < -0.4 is 11.1 Å². The van der Waals surface area contributed by atoms with E-state index in [-0.39, 0.29) is 6.04 Å². The van der Waals surface area contributed by atoms with Gasteiger partial charge in [0.2, 0.25) is 0 Å². The van der Waals surface area contributed by atoms with Gasteiger partial charge in [0.05, 0.1) is 12.6 Å². The normalized spacial score (nSPS) is 13.9. The van der Waals surface area contributed by atoms with Crippen LogP contribution in [0, 0.1) is 0 Å². The molecule has 35 heavy (non-hydrogen) atoms. The highest BCUT2D eigenvalue weighted by Crippen LogP contribution is 2.19. The third-order valence-corrected chi connectivity index (χ3v) is 5.45. The smallest absolute Gasteiger partial charge is 0.138 e. The molecule has 0 aromatic carbocycles. The van der Waals surface area contributed by atoms with Crippen LogP contribution in [0.4, 0.5) is 0 Å². The molecule has 5 heteroatoms. The van der Waals surface area contributed by atoms with Crippen LogP contribution in [0.2, 0.25) is 0 Å². The van der Waals surface area contributed by atoms with Crippen LogP contribution in [0.25, 0.3) is 0 Å². The van der Waals surface area contributed by atoms with E-state index < -0.39 is 0 Å². The van der Waals surface area contributed by atoms with Gasteiger partial charge in [-0.3, -0.25) is 0 Å². The molecule has 0 aliphatic carbocycles. The predicted octanol–water partition coefficient (Wildman–Crippen LogP) is 6.46. The Bertz CT molecular complexity index is 852. The number of ether oxygens (including phenoxy) is 1. The maximum atomic E-state index is 5.67. The summed E-state index contributed by atoms with van der Waals surface area (Å²) in [7, 11) is 1.73. The van der Waals surface area contributed by atoms with E-state index in [4.69, 9.17) is 15.5 Å². The Morgan fingerprint density at radius 2 is 1.83 bits per heavy atom. The van der Waals surface area contributed by atoms with E-state index in [0.717, 1.165) is 48.5 Å². The van der Waals surface area contributed by atoms with Crippen LogP contribution in [0.5, 0.6) is 0 Å². The number of amidine groups is 1. The number of likely N-dealkylation sites (N-methyl/N-ethyl adjacent to an activating group) is 1. The van der Waals surface area contributed by atoms with Gasteiger partial charge < -0.3 is 20.7 Å². The van der Waals surface area contributed by atoms with E-state index in [1.165, 1.54) is 11.1 Å². The van der Waals surface area contributed by atoms with Crippen molar-refractivity contribution in [2.75, 3.05) is 33.4 Å². The van der Waals surface area contributed by atoms with Gasteiger partial charge in [-0.2, -0.15) is 0 Å². The minimum Gasteiger partial charge on any atom is -0.383 e. The molecule has 3 N–H and O–H groups in total. The zero-order valence-electron chi connectivity index (χ0n) is 23.6. The molecule has 0 fully saturated rings. The van der Waals surface area contributed by atoms with Crippen molar-refractivity contribution in [1.29, 1.82) is 0 Å². The first-order chi connectivity index (χ1) is 16.6. The summed E-state index contributed by atoms with van der Waals surface area (Å²) in [5, 5.41) is 3.30. The molecular formula is C30H50N4O. The molecule has 0 saturated heterocycles. The summed E-state index contributed by atoms with van der Waals surface area (Å²) in [6.45, 7) is 26.0. The van der Waals surface area contributed by atoms with Gasteiger partial charge in [0.1, 0.15) is 11.7 Å². The van der Waals surface area contributed by atoms with Crippen molar-refractivity contribution in [3.63, 3.8) is 0 Å². The number of nitrogens with one attached hydrogen (secondary N) is 1. The average molecular weight is 483 g/mol. The lowest BCUT2D eigenvalue weighted by Crippen LogP contribution is -2.42. The number of hydrogen-bond acceptors (Lipinski definition) is 4. The molecule has 0 aromatic rings. The second-order valence-corrected chi connectivity index (χ2v) is 8.92. The molecular weight excluding hydrogens is 432 g/mol. The molecule has 196 valence electrons. The summed E-state index contributed by atoms with van der Waals surface area (Å²) in [6.07, 6.45) is 14.3. The molecule has 0 spiro atoms. The van der Waals surface area contributed by atoms with Gasteiger partial charge in [0.25, 0.3) is 0 Å². The van der Waals surface area contributed by atoms with Gasteiger partial charge in [-0.1, -0.05) is 73.3 Å². The zero-order chi connectivity index (χ0) is 26.8. The minimum atomic E-state index is 0.165. The highest BCUT2D eigenvalue weighted by Gasteiger charge is 2.20. The summed E-state index contributed by atoms with van der Waals surface area (Å²) in [5.74, 6) is 1.56. The van der Waals surface area contributed by atoms with Crippen molar-refractivity contribution >= 4 is 5.84 Å². The summed E-state index contributed by atoms with van der Waals surface area (Å²) in [5.41, 5.74) is 11.3. The molecule has 0 rings (SSSR count). The van der Waals surface area contributed by atoms with Crippen LogP contribution in [-0.2, 0) is 4.74 Å². The van der Waals surface area contributed by atoms with E-state index in [9.17, 15) is 0 Å². The Kier molecular flexibility index (Phi) is 17.3. The maximum Gasteiger partial charge on any atom is 0.138 e. The second kappa shape index (κ2) is 18.7. The lowest BCUT2D eigenvalue weighted by Gasteiger charge is -2.32. The van der Waals surface area contributed by atoms with Crippen molar-refractivity contribution in [3.05, 3.63) is 83.3 Å². The molecule has 1 atom stereocenters. The first kappa shape index (κ1) is 32.4. The van der Waals surface area contributed by atoms with E-state index in [1.807, 2.05) is 26.0 Å². The van der Waals surface area contributed by atoms with Crippen molar-refractivity contribution in [2.45, 2.75) is 67.3 Å². The van der Waals surface area contributed by atoms with E-state index in [1.54, 1.807) is 7.11 Å². The maximum absolute atomic E-state index is 5.67. The number of methoxy groups -OCH3 is 1. The van der Waals surface area contributed by atoms with Crippen molar-refractivity contribution in [1.82, 2.24) is 10.2 Å². The fourth-order valence-electron chi connectivity index (χ4n) is 3.37. The van der Waals surface area contributed by atoms with Gasteiger partial charge in [0.15, 0.2) is 0 Å².